The van der Waals surface area contributed by atoms with Crippen LogP contribution >= 0.6 is 0 Å². The van der Waals surface area contributed by atoms with Crippen molar-refractivity contribution in [1.82, 2.24) is 4.90 Å². The van der Waals surface area contributed by atoms with Gasteiger partial charge in [0.05, 0.1) is 0 Å². The van der Waals surface area contributed by atoms with Crippen LogP contribution in [-0.2, 0) is 0 Å². The fraction of sp³-hybridized carbons (Fsp3) is 0.571. The van der Waals surface area contributed by atoms with Crippen LogP contribution in [0.2, 0.25) is 0 Å². The van der Waals surface area contributed by atoms with Gasteiger partial charge in [0.15, 0.2) is 0 Å². The molecule has 0 amide bonds. The first-order valence-electron chi connectivity index (χ1n) is 6.51. The third-order valence-corrected chi connectivity index (χ3v) is 4.02. The van der Waals surface area contributed by atoms with Crippen LogP contribution in [0.3, 0.4) is 0 Å². The molecule has 2 heterocycles. The maximum Gasteiger partial charge on any atom is 0.125 e. The van der Waals surface area contributed by atoms with Crippen LogP contribution in [-0.4, -0.2) is 30.6 Å². The van der Waals surface area contributed by atoms with Crippen LogP contribution in [0.1, 0.15) is 30.9 Å². The average molecular weight is 250 g/mol. The van der Waals surface area contributed by atoms with Crippen molar-refractivity contribution >= 4 is 0 Å². The lowest BCUT2D eigenvalue weighted by atomic mass is 9.82. The topological polar surface area (TPSA) is 38.5 Å². The summed E-state index contributed by atoms with van der Waals surface area (Å²) in [6, 6.07) is 4.52. The van der Waals surface area contributed by atoms with E-state index in [1.54, 1.807) is 6.07 Å². The van der Waals surface area contributed by atoms with Crippen LogP contribution in [0.25, 0.3) is 0 Å². The van der Waals surface area contributed by atoms with E-state index in [1.807, 2.05) is 0 Å². The van der Waals surface area contributed by atoms with E-state index in [2.05, 4.69) is 11.9 Å². The maximum absolute atomic E-state index is 13.2. The first-order chi connectivity index (χ1) is 8.58. The number of likely N-dealkylation sites (tertiary alicyclic amines) is 1. The molecule has 2 N–H and O–H groups in total. The number of ether oxygens (including phenoxy) is 1. The summed E-state index contributed by atoms with van der Waals surface area (Å²) in [5.41, 5.74) is 6.82. The lowest BCUT2D eigenvalue weighted by molar-refractivity contribution is -0.0235. The van der Waals surface area contributed by atoms with Crippen LogP contribution in [0.5, 0.6) is 5.75 Å². The fourth-order valence-electron chi connectivity index (χ4n) is 3.26. The van der Waals surface area contributed by atoms with Crippen molar-refractivity contribution in [2.75, 3.05) is 20.1 Å². The number of halogens is 1. The zero-order chi connectivity index (χ0) is 12.8. The third-order valence-electron chi connectivity index (χ3n) is 4.02. The van der Waals surface area contributed by atoms with Gasteiger partial charge in [-0.15, -0.1) is 0 Å². The van der Waals surface area contributed by atoms with Crippen molar-refractivity contribution in [2.24, 2.45) is 5.73 Å². The highest BCUT2D eigenvalue weighted by atomic mass is 19.1. The number of likely N-dealkylation sites (N-methyl/N-ethyl adjacent to an activating group) is 1. The van der Waals surface area contributed by atoms with E-state index >= 15 is 0 Å². The SMILES string of the molecule is CN1CCCC2(C[C@@H](N)c3cc(F)ccc3O2)C1. The molecule has 0 radical (unpaired) electrons. The van der Waals surface area contributed by atoms with E-state index in [0.717, 1.165) is 43.7 Å². The Hall–Kier alpha value is -1.13. The molecule has 1 saturated heterocycles. The van der Waals surface area contributed by atoms with Crippen LogP contribution < -0.4 is 10.5 Å². The zero-order valence-electron chi connectivity index (χ0n) is 10.7. The molecule has 2 aliphatic rings. The Balaban J connectivity index is 1.93. The van der Waals surface area contributed by atoms with Crippen molar-refractivity contribution in [2.45, 2.75) is 30.9 Å². The van der Waals surface area contributed by atoms with E-state index in [-0.39, 0.29) is 17.5 Å². The standard InChI is InChI=1S/C14H19FN2O/c1-17-6-2-5-14(9-17)8-12(16)11-7-10(15)3-4-13(11)18-14/h3-4,7,12H,2,5-6,8-9,16H2,1H3/t12-,14?/m1/s1. The zero-order valence-corrected chi connectivity index (χ0v) is 10.7. The molecule has 0 bridgehead atoms. The predicted molar refractivity (Wildman–Crippen MR) is 68.0 cm³/mol. The highest BCUT2D eigenvalue weighted by molar-refractivity contribution is 5.39. The van der Waals surface area contributed by atoms with E-state index in [1.165, 1.54) is 12.1 Å². The van der Waals surface area contributed by atoms with Gasteiger partial charge < -0.3 is 15.4 Å². The van der Waals surface area contributed by atoms with Gasteiger partial charge in [0, 0.05) is 24.6 Å². The largest absolute Gasteiger partial charge is 0.486 e. The van der Waals surface area contributed by atoms with E-state index in [9.17, 15) is 4.39 Å². The Bertz CT molecular complexity index is 465. The summed E-state index contributed by atoms with van der Waals surface area (Å²) < 4.78 is 19.4. The van der Waals surface area contributed by atoms with Crippen molar-refractivity contribution in [1.29, 1.82) is 0 Å². The normalized spacial score (nSPS) is 32.1. The smallest absolute Gasteiger partial charge is 0.125 e. The molecule has 0 aromatic heterocycles. The van der Waals surface area contributed by atoms with Gasteiger partial charge in [0.25, 0.3) is 0 Å². The Morgan fingerprint density at radius 3 is 3.11 bits per heavy atom. The molecule has 98 valence electrons. The molecule has 1 aromatic rings. The Morgan fingerprint density at radius 2 is 2.33 bits per heavy atom. The molecule has 1 fully saturated rings. The monoisotopic (exact) mass is 250 g/mol. The summed E-state index contributed by atoms with van der Waals surface area (Å²) in [4.78, 5) is 2.28. The van der Waals surface area contributed by atoms with Gasteiger partial charge in [0.1, 0.15) is 17.2 Å². The second kappa shape index (κ2) is 4.21. The summed E-state index contributed by atoms with van der Waals surface area (Å²) in [6.07, 6.45) is 2.93. The van der Waals surface area contributed by atoms with Gasteiger partial charge in [-0.2, -0.15) is 0 Å². The van der Waals surface area contributed by atoms with Gasteiger partial charge in [-0.1, -0.05) is 0 Å². The minimum atomic E-state index is -0.246. The quantitative estimate of drug-likeness (QED) is 0.766. The van der Waals surface area contributed by atoms with E-state index in [4.69, 9.17) is 10.5 Å². The van der Waals surface area contributed by atoms with Gasteiger partial charge in [-0.05, 0) is 44.6 Å². The number of fused-ring (bicyclic) bond motifs is 1. The Kier molecular flexibility index (Phi) is 2.79. The lowest BCUT2D eigenvalue weighted by Gasteiger charge is -2.46. The molecule has 4 heteroatoms. The summed E-state index contributed by atoms with van der Waals surface area (Å²) >= 11 is 0. The van der Waals surface area contributed by atoms with Gasteiger partial charge in [-0.25, -0.2) is 4.39 Å². The van der Waals surface area contributed by atoms with Gasteiger partial charge >= 0.3 is 0 Å². The minimum absolute atomic E-state index is 0.129. The molecular formula is C14H19FN2O. The number of nitrogens with two attached hydrogens (primary N) is 1. The van der Waals surface area contributed by atoms with Crippen molar-refractivity contribution in [3.63, 3.8) is 0 Å². The Morgan fingerprint density at radius 1 is 1.50 bits per heavy atom. The van der Waals surface area contributed by atoms with Crippen molar-refractivity contribution in [3.05, 3.63) is 29.6 Å². The number of hydrogen-bond donors (Lipinski definition) is 1. The van der Waals surface area contributed by atoms with Crippen molar-refractivity contribution in [3.8, 4) is 5.75 Å². The molecule has 3 nitrogen and oxygen atoms in total. The van der Waals surface area contributed by atoms with E-state index in [0.29, 0.717) is 0 Å². The minimum Gasteiger partial charge on any atom is -0.486 e. The van der Waals surface area contributed by atoms with Gasteiger partial charge in [-0.3, -0.25) is 0 Å². The molecule has 18 heavy (non-hydrogen) atoms. The fourth-order valence-corrected chi connectivity index (χ4v) is 3.26. The molecule has 0 aliphatic carbocycles. The highest BCUT2D eigenvalue weighted by Gasteiger charge is 2.42. The highest BCUT2D eigenvalue weighted by Crippen LogP contribution is 2.42. The van der Waals surface area contributed by atoms with Crippen LogP contribution in [0.4, 0.5) is 4.39 Å². The van der Waals surface area contributed by atoms with Crippen molar-refractivity contribution < 1.29 is 9.13 Å². The second-order valence-corrected chi connectivity index (χ2v) is 5.62. The molecule has 0 saturated carbocycles. The summed E-state index contributed by atoms with van der Waals surface area (Å²) in [7, 11) is 2.11. The summed E-state index contributed by atoms with van der Waals surface area (Å²) in [5, 5.41) is 0. The summed E-state index contributed by atoms with van der Waals surface area (Å²) in [5.74, 6) is 0.509. The molecular weight excluding hydrogens is 231 g/mol. The molecule has 1 aromatic carbocycles. The number of hydrogen-bond acceptors (Lipinski definition) is 3. The molecule has 1 unspecified atom stereocenters. The number of benzene rings is 1. The van der Waals surface area contributed by atoms with E-state index < -0.39 is 0 Å². The maximum atomic E-state index is 13.2. The lowest BCUT2D eigenvalue weighted by Crippen LogP contribution is -2.53. The molecule has 3 rings (SSSR count). The molecule has 2 aliphatic heterocycles. The molecule has 1 spiro atoms. The number of nitrogens with zero attached hydrogens (tertiary/aromatic N) is 1. The van der Waals surface area contributed by atoms with Crippen LogP contribution in [0.15, 0.2) is 18.2 Å². The second-order valence-electron chi connectivity index (χ2n) is 5.62. The third kappa shape index (κ3) is 1.99. The average Bonchev–Trinajstić information content (AvgIpc) is 2.30. The van der Waals surface area contributed by atoms with Crippen LogP contribution in [0, 0.1) is 5.82 Å². The molecule has 2 atom stereocenters. The summed E-state index contributed by atoms with van der Waals surface area (Å²) in [6.45, 7) is 2.01. The predicted octanol–water partition coefficient (Wildman–Crippen LogP) is 2.07. The Labute approximate surface area is 107 Å². The number of rotatable bonds is 0. The number of piperidine rings is 1. The van der Waals surface area contributed by atoms with Gasteiger partial charge in [0.2, 0.25) is 0 Å². The first kappa shape index (κ1) is 11.9. The first-order valence-corrected chi connectivity index (χ1v) is 6.51.